The van der Waals surface area contributed by atoms with E-state index in [-0.39, 0.29) is 23.9 Å². The van der Waals surface area contributed by atoms with Gasteiger partial charge >= 0.3 is 0 Å². The summed E-state index contributed by atoms with van der Waals surface area (Å²) in [7, 11) is 0. The predicted molar refractivity (Wildman–Crippen MR) is 95.6 cm³/mol. The molecule has 0 saturated heterocycles. The summed E-state index contributed by atoms with van der Waals surface area (Å²) in [6.45, 7) is 6.72. The molecule has 0 aliphatic heterocycles. The van der Waals surface area contributed by atoms with E-state index in [1.807, 2.05) is 49.4 Å². The first kappa shape index (κ1) is 18.5. The van der Waals surface area contributed by atoms with Crippen LogP contribution in [-0.2, 0) is 0 Å². The van der Waals surface area contributed by atoms with Crippen LogP contribution in [0.4, 0.5) is 0 Å². The van der Waals surface area contributed by atoms with Crippen molar-refractivity contribution in [3.8, 4) is 0 Å². The van der Waals surface area contributed by atoms with E-state index in [1.165, 1.54) is 0 Å². The Balaban J connectivity index is 0.00000242. The van der Waals surface area contributed by atoms with Gasteiger partial charge < -0.3 is 11.1 Å². The lowest BCUT2D eigenvalue weighted by molar-refractivity contribution is 0.0900. The highest BCUT2D eigenvalue weighted by Crippen LogP contribution is 2.21. The number of fused-ring (bicyclic) bond motifs is 1. The lowest BCUT2D eigenvalue weighted by Crippen LogP contribution is -2.52. The van der Waals surface area contributed by atoms with Crippen molar-refractivity contribution in [2.45, 2.75) is 32.7 Å². The molecule has 0 aromatic heterocycles. The van der Waals surface area contributed by atoms with Gasteiger partial charge in [0.15, 0.2) is 0 Å². The molecule has 1 unspecified atom stereocenters. The van der Waals surface area contributed by atoms with Gasteiger partial charge in [-0.05, 0) is 36.1 Å². The molecule has 22 heavy (non-hydrogen) atoms. The summed E-state index contributed by atoms with van der Waals surface area (Å²) < 4.78 is 0. The average Bonchev–Trinajstić information content (AvgIpc) is 2.45. The van der Waals surface area contributed by atoms with Gasteiger partial charge in [-0.3, -0.25) is 4.79 Å². The molecular formula is C18H25ClN2O. The number of hydrogen-bond acceptors (Lipinski definition) is 2. The summed E-state index contributed by atoms with van der Waals surface area (Å²) in [6, 6.07) is 13.7. The van der Waals surface area contributed by atoms with E-state index in [2.05, 4.69) is 19.2 Å². The molecule has 0 radical (unpaired) electrons. The molecule has 0 spiro atoms. The Bertz CT molecular complexity index is 637. The summed E-state index contributed by atoms with van der Waals surface area (Å²) >= 11 is 0. The van der Waals surface area contributed by atoms with Gasteiger partial charge in [-0.15, -0.1) is 12.4 Å². The highest BCUT2D eigenvalue weighted by Gasteiger charge is 2.26. The molecule has 3 nitrogen and oxygen atoms in total. The van der Waals surface area contributed by atoms with Gasteiger partial charge in [0.2, 0.25) is 0 Å². The summed E-state index contributed by atoms with van der Waals surface area (Å²) in [4.78, 5) is 12.6. The molecule has 0 bridgehead atoms. The van der Waals surface area contributed by atoms with Crippen molar-refractivity contribution in [2.75, 3.05) is 6.54 Å². The molecular weight excluding hydrogens is 296 g/mol. The molecule has 0 aliphatic carbocycles. The first-order valence-corrected chi connectivity index (χ1v) is 7.45. The van der Waals surface area contributed by atoms with Crippen LogP contribution >= 0.6 is 12.4 Å². The fourth-order valence-corrected chi connectivity index (χ4v) is 2.85. The monoisotopic (exact) mass is 320 g/mol. The SMILES string of the molecule is CC(C)CC(C)(CN)NC(=O)c1cccc2ccccc12.Cl. The van der Waals surface area contributed by atoms with Crippen LogP contribution in [0.15, 0.2) is 42.5 Å². The Kier molecular flexibility index (Phi) is 6.39. The molecule has 120 valence electrons. The number of hydrogen-bond donors (Lipinski definition) is 2. The van der Waals surface area contributed by atoms with Crippen molar-refractivity contribution >= 4 is 29.1 Å². The van der Waals surface area contributed by atoms with Crippen LogP contribution in [0.3, 0.4) is 0 Å². The van der Waals surface area contributed by atoms with E-state index in [0.29, 0.717) is 18.0 Å². The summed E-state index contributed by atoms with van der Waals surface area (Å²) in [5.41, 5.74) is 6.21. The van der Waals surface area contributed by atoms with Crippen molar-refractivity contribution in [1.82, 2.24) is 5.32 Å². The molecule has 0 saturated carbocycles. The van der Waals surface area contributed by atoms with Gasteiger partial charge in [0, 0.05) is 17.6 Å². The summed E-state index contributed by atoms with van der Waals surface area (Å²) in [6.07, 6.45) is 0.861. The molecule has 0 heterocycles. The average molecular weight is 321 g/mol. The van der Waals surface area contributed by atoms with Crippen LogP contribution in [0.1, 0.15) is 37.6 Å². The molecule has 2 aromatic carbocycles. The second-order valence-electron chi connectivity index (χ2n) is 6.34. The minimum atomic E-state index is -0.373. The van der Waals surface area contributed by atoms with Crippen molar-refractivity contribution in [1.29, 1.82) is 0 Å². The van der Waals surface area contributed by atoms with Crippen molar-refractivity contribution in [3.05, 3.63) is 48.0 Å². The predicted octanol–water partition coefficient (Wildman–Crippen LogP) is 3.75. The fraction of sp³-hybridized carbons (Fsp3) is 0.389. The van der Waals surface area contributed by atoms with E-state index in [0.717, 1.165) is 17.2 Å². The molecule has 0 aliphatic rings. The van der Waals surface area contributed by atoms with Gasteiger partial charge in [-0.2, -0.15) is 0 Å². The highest BCUT2D eigenvalue weighted by molar-refractivity contribution is 6.07. The van der Waals surface area contributed by atoms with E-state index < -0.39 is 0 Å². The second kappa shape index (κ2) is 7.61. The maximum atomic E-state index is 12.6. The van der Waals surface area contributed by atoms with E-state index >= 15 is 0 Å². The van der Waals surface area contributed by atoms with Gasteiger partial charge in [-0.25, -0.2) is 0 Å². The standard InChI is InChI=1S/C18H24N2O.ClH/c1-13(2)11-18(3,12-19)20-17(21)16-10-6-8-14-7-4-5-9-15(14)16;/h4-10,13H,11-12,19H2,1-3H3,(H,20,21);1H. The van der Waals surface area contributed by atoms with E-state index in [4.69, 9.17) is 5.73 Å². The van der Waals surface area contributed by atoms with Gasteiger partial charge in [0.1, 0.15) is 0 Å². The van der Waals surface area contributed by atoms with Gasteiger partial charge in [0.05, 0.1) is 0 Å². The van der Waals surface area contributed by atoms with Crippen LogP contribution < -0.4 is 11.1 Å². The van der Waals surface area contributed by atoms with Crippen LogP contribution in [-0.4, -0.2) is 18.0 Å². The largest absolute Gasteiger partial charge is 0.346 e. The second-order valence-corrected chi connectivity index (χ2v) is 6.34. The van der Waals surface area contributed by atoms with Crippen LogP contribution in [0, 0.1) is 5.92 Å². The maximum absolute atomic E-state index is 12.6. The number of amides is 1. The smallest absolute Gasteiger partial charge is 0.252 e. The Morgan fingerprint density at radius 3 is 2.45 bits per heavy atom. The third-order valence-corrected chi connectivity index (χ3v) is 3.76. The highest BCUT2D eigenvalue weighted by atomic mass is 35.5. The Morgan fingerprint density at radius 1 is 1.18 bits per heavy atom. The number of benzene rings is 2. The van der Waals surface area contributed by atoms with E-state index in [1.54, 1.807) is 0 Å². The van der Waals surface area contributed by atoms with Gasteiger partial charge in [0.25, 0.3) is 5.91 Å². The summed E-state index contributed by atoms with van der Waals surface area (Å²) in [5, 5.41) is 5.17. The fourth-order valence-electron chi connectivity index (χ4n) is 2.85. The Labute approximate surface area is 138 Å². The molecule has 4 heteroatoms. The number of rotatable bonds is 5. The Hall–Kier alpha value is -1.58. The molecule has 1 amide bonds. The summed E-state index contributed by atoms with van der Waals surface area (Å²) in [5.74, 6) is 0.423. The normalized spacial score (nSPS) is 13.5. The number of nitrogens with two attached hydrogens (primary N) is 1. The van der Waals surface area contributed by atoms with Crippen molar-refractivity contribution < 1.29 is 4.79 Å². The molecule has 2 aromatic rings. The van der Waals surface area contributed by atoms with E-state index in [9.17, 15) is 4.79 Å². The number of nitrogens with one attached hydrogen (secondary N) is 1. The minimum absolute atomic E-state index is 0. The first-order valence-electron chi connectivity index (χ1n) is 7.45. The lowest BCUT2D eigenvalue weighted by Gasteiger charge is -2.31. The molecule has 1 atom stereocenters. The Morgan fingerprint density at radius 2 is 1.82 bits per heavy atom. The van der Waals surface area contributed by atoms with Crippen LogP contribution in [0.2, 0.25) is 0 Å². The quantitative estimate of drug-likeness (QED) is 0.881. The molecule has 2 rings (SSSR count). The number of carbonyl (C=O) groups is 1. The molecule has 3 N–H and O–H groups in total. The number of carbonyl (C=O) groups excluding carboxylic acids is 1. The number of halogens is 1. The topological polar surface area (TPSA) is 55.1 Å². The minimum Gasteiger partial charge on any atom is -0.346 e. The maximum Gasteiger partial charge on any atom is 0.252 e. The lowest BCUT2D eigenvalue weighted by atomic mass is 9.90. The van der Waals surface area contributed by atoms with Crippen LogP contribution in [0.25, 0.3) is 10.8 Å². The molecule has 0 fully saturated rings. The van der Waals surface area contributed by atoms with Gasteiger partial charge in [-0.1, -0.05) is 50.2 Å². The van der Waals surface area contributed by atoms with Crippen molar-refractivity contribution in [3.63, 3.8) is 0 Å². The van der Waals surface area contributed by atoms with Crippen molar-refractivity contribution in [2.24, 2.45) is 11.7 Å². The zero-order chi connectivity index (χ0) is 15.5. The first-order chi connectivity index (χ1) is 9.95. The third kappa shape index (κ3) is 4.21. The zero-order valence-corrected chi connectivity index (χ0v) is 14.2. The third-order valence-electron chi connectivity index (χ3n) is 3.76. The van der Waals surface area contributed by atoms with Crippen LogP contribution in [0.5, 0.6) is 0 Å². The zero-order valence-electron chi connectivity index (χ0n) is 13.4.